The summed E-state index contributed by atoms with van der Waals surface area (Å²) in [4.78, 5) is 34.3. The van der Waals surface area contributed by atoms with Gasteiger partial charge in [0, 0.05) is 11.3 Å². The number of esters is 1. The zero-order valence-electron chi connectivity index (χ0n) is 14.0. The van der Waals surface area contributed by atoms with Gasteiger partial charge in [-0.3, -0.25) is 9.59 Å². The normalized spacial score (nSPS) is 11.3. The number of rotatable bonds is 7. The molecule has 2 aromatic rings. The number of aryl methyl sites for hydroxylation is 1. The lowest BCUT2D eigenvalue weighted by Crippen LogP contribution is -2.31. The molecule has 25 heavy (non-hydrogen) atoms. The summed E-state index contributed by atoms with van der Waals surface area (Å²) in [6, 6.07) is 13.6. The molecule has 2 aromatic carbocycles. The van der Waals surface area contributed by atoms with Crippen LogP contribution in [0.1, 0.15) is 22.8 Å². The Morgan fingerprint density at radius 2 is 1.72 bits per heavy atom. The molecule has 1 atom stereocenters. The molecule has 2 rings (SSSR count). The first kappa shape index (κ1) is 18.2. The van der Waals surface area contributed by atoms with Crippen LogP contribution in [0.3, 0.4) is 0 Å². The molecule has 0 fully saturated rings. The Kier molecular flexibility index (Phi) is 6.28. The van der Waals surface area contributed by atoms with Crippen molar-refractivity contribution in [3.05, 3.63) is 59.7 Å². The van der Waals surface area contributed by atoms with E-state index in [2.05, 4.69) is 5.32 Å². The van der Waals surface area contributed by atoms with Gasteiger partial charge in [0.1, 0.15) is 12.0 Å². The molecule has 1 N–H and O–H groups in total. The molecular formula is C19H19NO5. The van der Waals surface area contributed by atoms with Crippen LogP contribution in [0.5, 0.6) is 5.75 Å². The lowest BCUT2D eigenvalue weighted by molar-refractivity contribution is -0.155. The van der Waals surface area contributed by atoms with Crippen molar-refractivity contribution in [3.8, 4) is 5.75 Å². The number of amides is 1. The first-order valence-corrected chi connectivity index (χ1v) is 7.73. The zero-order valence-corrected chi connectivity index (χ0v) is 14.0. The van der Waals surface area contributed by atoms with Gasteiger partial charge < -0.3 is 14.8 Å². The van der Waals surface area contributed by atoms with Crippen LogP contribution in [-0.2, 0) is 14.3 Å². The molecular weight excluding hydrogens is 322 g/mol. The quantitative estimate of drug-likeness (QED) is 0.618. The highest BCUT2D eigenvalue weighted by Crippen LogP contribution is 2.12. The number of hydrogen-bond donors (Lipinski definition) is 1. The van der Waals surface area contributed by atoms with Gasteiger partial charge in [0.15, 0.2) is 12.7 Å². The van der Waals surface area contributed by atoms with Crippen molar-refractivity contribution in [1.29, 1.82) is 0 Å². The van der Waals surface area contributed by atoms with Gasteiger partial charge in [-0.25, -0.2) is 4.79 Å². The molecule has 0 spiro atoms. The molecule has 0 aromatic heterocycles. The minimum absolute atomic E-state index is 0.331. The van der Waals surface area contributed by atoms with E-state index in [4.69, 9.17) is 9.47 Å². The number of anilines is 1. The van der Waals surface area contributed by atoms with E-state index in [1.165, 1.54) is 6.92 Å². The Morgan fingerprint density at radius 3 is 2.32 bits per heavy atom. The Balaban J connectivity index is 1.79. The molecule has 0 saturated heterocycles. The van der Waals surface area contributed by atoms with Crippen molar-refractivity contribution < 1.29 is 23.9 Å². The first-order chi connectivity index (χ1) is 12.0. The molecule has 0 saturated carbocycles. The largest absolute Gasteiger partial charge is 0.482 e. The Hall–Kier alpha value is -3.15. The van der Waals surface area contributed by atoms with Gasteiger partial charge in [0.2, 0.25) is 0 Å². The van der Waals surface area contributed by atoms with Gasteiger partial charge in [-0.15, -0.1) is 0 Å². The van der Waals surface area contributed by atoms with E-state index in [1.54, 1.807) is 36.4 Å². The van der Waals surface area contributed by atoms with E-state index in [0.29, 0.717) is 23.3 Å². The number of hydrogen-bond acceptors (Lipinski definition) is 5. The van der Waals surface area contributed by atoms with Crippen molar-refractivity contribution in [3.63, 3.8) is 0 Å². The van der Waals surface area contributed by atoms with Crippen LogP contribution in [0.25, 0.3) is 0 Å². The first-order valence-electron chi connectivity index (χ1n) is 7.73. The molecule has 0 heterocycles. The standard InChI is InChI=1S/C19H19NO5/c1-13-3-7-16(8-4-13)20-19(23)14(2)25-18(22)12-24-17-9-5-15(11-21)6-10-17/h3-11,14H,12H2,1-2H3,(H,20,23)/t14-/m0/s1. The second-order valence-corrected chi connectivity index (χ2v) is 5.46. The Morgan fingerprint density at radius 1 is 1.08 bits per heavy atom. The summed E-state index contributed by atoms with van der Waals surface area (Å²) in [6.07, 6.45) is -0.235. The molecule has 0 aliphatic carbocycles. The predicted octanol–water partition coefficient (Wildman–Crippen LogP) is 2.76. The van der Waals surface area contributed by atoms with Crippen LogP contribution >= 0.6 is 0 Å². The van der Waals surface area contributed by atoms with E-state index in [1.807, 2.05) is 19.1 Å². The number of aldehydes is 1. The van der Waals surface area contributed by atoms with Gasteiger partial charge >= 0.3 is 5.97 Å². The molecule has 0 radical (unpaired) electrons. The fraction of sp³-hybridized carbons (Fsp3) is 0.211. The molecule has 0 aliphatic rings. The fourth-order valence-corrected chi connectivity index (χ4v) is 1.95. The fourth-order valence-electron chi connectivity index (χ4n) is 1.95. The maximum Gasteiger partial charge on any atom is 0.344 e. The highest BCUT2D eigenvalue weighted by atomic mass is 16.6. The number of ether oxygens (including phenoxy) is 2. The number of carbonyl (C=O) groups excluding carboxylic acids is 3. The number of carbonyl (C=O) groups is 3. The van der Waals surface area contributed by atoms with Crippen LogP contribution in [0.4, 0.5) is 5.69 Å². The van der Waals surface area contributed by atoms with Gasteiger partial charge in [-0.1, -0.05) is 17.7 Å². The van der Waals surface area contributed by atoms with Crippen LogP contribution in [0.2, 0.25) is 0 Å². The molecule has 1 amide bonds. The predicted molar refractivity (Wildman–Crippen MR) is 92.7 cm³/mol. The van der Waals surface area contributed by atoms with Gasteiger partial charge in [-0.2, -0.15) is 0 Å². The Labute approximate surface area is 145 Å². The maximum absolute atomic E-state index is 12.0. The molecule has 0 bridgehead atoms. The van der Waals surface area contributed by atoms with Crippen molar-refractivity contribution in [2.75, 3.05) is 11.9 Å². The maximum atomic E-state index is 12.0. The Bertz CT molecular complexity index is 737. The minimum Gasteiger partial charge on any atom is -0.482 e. The average Bonchev–Trinajstić information content (AvgIpc) is 2.62. The summed E-state index contributed by atoms with van der Waals surface area (Å²) in [5.41, 5.74) is 2.22. The van der Waals surface area contributed by atoms with E-state index < -0.39 is 18.0 Å². The summed E-state index contributed by atoms with van der Waals surface area (Å²) in [5.74, 6) is -0.655. The third-order valence-corrected chi connectivity index (χ3v) is 3.37. The third kappa shape index (κ3) is 5.76. The average molecular weight is 341 g/mol. The van der Waals surface area contributed by atoms with Gasteiger partial charge in [0.05, 0.1) is 0 Å². The summed E-state index contributed by atoms with van der Waals surface area (Å²) in [6.45, 7) is 3.10. The van der Waals surface area contributed by atoms with Crippen LogP contribution in [-0.4, -0.2) is 30.9 Å². The second kappa shape index (κ2) is 8.63. The monoisotopic (exact) mass is 341 g/mol. The summed E-state index contributed by atoms with van der Waals surface area (Å²) in [7, 11) is 0. The van der Waals surface area contributed by atoms with Crippen LogP contribution in [0.15, 0.2) is 48.5 Å². The van der Waals surface area contributed by atoms with Crippen LogP contribution < -0.4 is 10.1 Å². The zero-order chi connectivity index (χ0) is 18.2. The highest BCUT2D eigenvalue weighted by Gasteiger charge is 2.18. The van der Waals surface area contributed by atoms with Crippen LogP contribution in [0, 0.1) is 6.92 Å². The lowest BCUT2D eigenvalue weighted by Gasteiger charge is -2.14. The van der Waals surface area contributed by atoms with Crippen molar-refractivity contribution >= 4 is 23.9 Å². The van der Waals surface area contributed by atoms with E-state index >= 15 is 0 Å². The topological polar surface area (TPSA) is 81.7 Å². The van der Waals surface area contributed by atoms with E-state index in [-0.39, 0.29) is 6.61 Å². The second-order valence-electron chi connectivity index (χ2n) is 5.46. The van der Waals surface area contributed by atoms with Crippen molar-refractivity contribution in [1.82, 2.24) is 0 Å². The molecule has 0 unspecified atom stereocenters. The van der Waals surface area contributed by atoms with Gasteiger partial charge in [0.25, 0.3) is 5.91 Å². The third-order valence-electron chi connectivity index (χ3n) is 3.37. The van der Waals surface area contributed by atoms with Crippen molar-refractivity contribution in [2.24, 2.45) is 0 Å². The molecule has 6 heteroatoms. The minimum atomic E-state index is -0.949. The van der Waals surface area contributed by atoms with E-state index in [0.717, 1.165) is 5.56 Å². The van der Waals surface area contributed by atoms with Crippen molar-refractivity contribution in [2.45, 2.75) is 20.0 Å². The van der Waals surface area contributed by atoms with Gasteiger partial charge in [-0.05, 0) is 50.2 Å². The molecule has 0 aliphatic heterocycles. The number of benzene rings is 2. The molecule has 130 valence electrons. The summed E-state index contributed by atoms with van der Waals surface area (Å²) >= 11 is 0. The summed E-state index contributed by atoms with van der Waals surface area (Å²) in [5, 5.41) is 2.67. The molecule has 6 nitrogen and oxygen atoms in total. The summed E-state index contributed by atoms with van der Waals surface area (Å²) < 4.78 is 10.3. The van der Waals surface area contributed by atoms with E-state index in [9.17, 15) is 14.4 Å². The smallest absolute Gasteiger partial charge is 0.344 e. The lowest BCUT2D eigenvalue weighted by atomic mass is 10.2. The highest BCUT2D eigenvalue weighted by molar-refractivity contribution is 5.95. The SMILES string of the molecule is Cc1ccc(NC(=O)[C@H](C)OC(=O)COc2ccc(C=O)cc2)cc1. The number of nitrogens with one attached hydrogen (secondary N) is 1.